The van der Waals surface area contributed by atoms with Gasteiger partial charge in [0.15, 0.2) is 0 Å². The Morgan fingerprint density at radius 2 is 1.78 bits per heavy atom. The zero-order chi connectivity index (χ0) is 20.0. The van der Waals surface area contributed by atoms with Gasteiger partial charge >= 0.3 is 5.97 Å². The first kappa shape index (κ1) is 21.1. The van der Waals surface area contributed by atoms with Crippen LogP contribution in [-0.2, 0) is 37.4 Å². The minimum atomic E-state index is -1.09. The van der Waals surface area contributed by atoms with Gasteiger partial charge < -0.3 is 35.9 Å². The van der Waals surface area contributed by atoms with E-state index in [4.69, 9.17) is 10.5 Å². The predicted octanol–water partition coefficient (Wildman–Crippen LogP) is 0.547. The number of aromatic amines is 1. The second kappa shape index (κ2) is 9.63. The Balaban J connectivity index is 2.81. The van der Waals surface area contributed by atoms with Crippen LogP contribution in [0.4, 0.5) is 0 Å². The van der Waals surface area contributed by atoms with Crippen LogP contribution in [0, 0.1) is 0 Å². The van der Waals surface area contributed by atoms with Gasteiger partial charge in [0.25, 0.3) is 0 Å². The number of methoxy groups -OCH3 is 1. The van der Waals surface area contributed by atoms with Gasteiger partial charge in [-0.1, -0.05) is 12.1 Å². The number of carboxylic acids is 1. The lowest BCUT2D eigenvalue weighted by Crippen LogP contribution is -2.08. The van der Waals surface area contributed by atoms with E-state index in [0.29, 0.717) is 65.1 Å². The van der Waals surface area contributed by atoms with E-state index >= 15 is 0 Å². The summed E-state index contributed by atoms with van der Waals surface area (Å²) in [6.07, 6.45) is 0.777. The van der Waals surface area contributed by atoms with E-state index in [9.17, 15) is 25.2 Å². The molecule has 2 aromatic rings. The smallest absolute Gasteiger partial charge is 0.352 e. The summed E-state index contributed by atoms with van der Waals surface area (Å²) in [4.78, 5) is 14.7. The van der Waals surface area contributed by atoms with Crippen molar-refractivity contribution in [2.75, 3.05) is 20.3 Å². The molecule has 0 aliphatic heterocycles. The van der Waals surface area contributed by atoms with Crippen LogP contribution in [0.25, 0.3) is 11.1 Å². The number of hydrogen-bond donors (Lipinski definition) is 6. The molecule has 27 heavy (non-hydrogen) atoms. The van der Waals surface area contributed by atoms with E-state index in [1.54, 1.807) is 12.1 Å². The molecule has 148 valence electrons. The maximum atomic E-state index is 11.7. The van der Waals surface area contributed by atoms with Gasteiger partial charge in [-0.2, -0.15) is 0 Å². The molecule has 2 rings (SSSR count). The normalized spacial score (nSPS) is 11.1. The summed E-state index contributed by atoms with van der Waals surface area (Å²) in [7, 11) is 1.53. The van der Waals surface area contributed by atoms with E-state index in [-0.39, 0.29) is 25.5 Å². The average molecular weight is 378 g/mol. The minimum absolute atomic E-state index is 0.0613. The summed E-state index contributed by atoms with van der Waals surface area (Å²) in [5.74, 6) is -1.09. The Morgan fingerprint density at radius 3 is 2.30 bits per heavy atom. The Bertz CT molecular complexity index is 800. The van der Waals surface area contributed by atoms with Crippen molar-refractivity contribution < 1.29 is 30.0 Å². The standard InChI is InChI=1S/C19H26N2O6/c1-27-7-5-13-17(16(4-6-20)21-18(13)19(25)26)12-3-2-11(8-22)14(9-23)15(12)10-24/h2-3,21-24H,4-10,20H2,1H3,(H,25,26). The molecule has 0 saturated carbocycles. The Hall–Kier alpha value is -2.23. The van der Waals surface area contributed by atoms with Crippen molar-refractivity contribution in [3.63, 3.8) is 0 Å². The molecule has 0 aliphatic rings. The monoisotopic (exact) mass is 378 g/mol. The van der Waals surface area contributed by atoms with Crippen molar-refractivity contribution >= 4 is 5.97 Å². The summed E-state index contributed by atoms with van der Waals surface area (Å²) in [5, 5.41) is 38.8. The number of rotatable bonds is 10. The number of benzene rings is 1. The van der Waals surface area contributed by atoms with Gasteiger partial charge in [-0.3, -0.25) is 0 Å². The number of H-pyrrole nitrogens is 1. The molecule has 8 nitrogen and oxygen atoms in total. The molecule has 7 N–H and O–H groups in total. The highest BCUT2D eigenvalue weighted by molar-refractivity contribution is 5.92. The van der Waals surface area contributed by atoms with Crippen LogP contribution in [0.3, 0.4) is 0 Å². The number of aliphatic hydroxyl groups is 3. The second-order valence-electron chi connectivity index (χ2n) is 6.12. The first-order valence-electron chi connectivity index (χ1n) is 8.66. The molecule has 1 heterocycles. The fraction of sp³-hybridized carbons (Fsp3) is 0.421. The molecule has 0 bridgehead atoms. The summed E-state index contributed by atoms with van der Waals surface area (Å²) in [5.41, 5.74) is 9.63. The molecular weight excluding hydrogens is 352 g/mol. The summed E-state index contributed by atoms with van der Waals surface area (Å²) >= 11 is 0. The van der Waals surface area contributed by atoms with Crippen molar-refractivity contribution in [3.8, 4) is 11.1 Å². The highest BCUT2D eigenvalue weighted by Gasteiger charge is 2.25. The van der Waals surface area contributed by atoms with Gasteiger partial charge in [0.05, 0.1) is 26.4 Å². The van der Waals surface area contributed by atoms with Gasteiger partial charge in [0.2, 0.25) is 0 Å². The third kappa shape index (κ3) is 4.20. The van der Waals surface area contributed by atoms with Crippen molar-refractivity contribution in [3.05, 3.63) is 45.8 Å². The summed E-state index contributed by atoms with van der Waals surface area (Å²) < 4.78 is 5.12. The number of nitrogens with one attached hydrogen (secondary N) is 1. The maximum absolute atomic E-state index is 11.7. The van der Waals surface area contributed by atoms with Crippen LogP contribution in [0.2, 0.25) is 0 Å². The molecular formula is C19H26N2O6. The molecule has 0 saturated heterocycles. The number of hydrogen-bond acceptors (Lipinski definition) is 6. The average Bonchev–Trinajstić information content (AvgIpc) is 3.03. The molecule has 0 radical (unpaired) electrons. The molecule has 0 aliphatic carbocycles. The van der Waals surface area contributed by atoms with Gasteiger partial charge in [-0.25, -0.2) is 4.79 Å². The lowest BCUT2D eigenvalue weighted by Gasteiger charge is -2.17. The van der Waals surface area contributed by atoms with Gasteiger partial charge in [-0.05, 0) is 40.8 Å². The van der Waals surface area contributed by atoms with Crippen LogP contribution in [0.1, 0.15) is 38.4 Å². The molecule has 1 aromatic carbocycles. The zero-order valence-electron chi connectivity index (χ0n) is 15.3. The number of carbonyl (C=O) groups is 1. The van der Waals surface area contributed by atoms with E-state index in [0.717, 1.165) is 0 Å². The first-order valence-corrected chi connectivity index (χ1v) is 8.66. The molecule has 0 spiro atoms. The third-order valence-corrected chi connectivity index (χ3v) is 4.63. The lowest BCUT2D eigenvalue weighted by molar-refractivity contribution is 0.0689. The van der Waals surface area contributed by atoms with Crippen LogP contribution < -0.4 is 5.73 Å². The van der Waals surface area contributed by atoms with E-state index < -0.39 is 5.97 Å². The number of nitrogens with two attached hydrogens (primary N) is 1. The highest BCUT2D eigenvalue weighted by Crippen LogP contribution is 2.36. The molecule has 0 fully saturated rings. The second-order valence-corrected chi connectivity index (χ2v) is 6.12. The Labute approximate surface area is 157 Å². The largest absolute Gasteiger partial charge is 0.477 e. The zero-order valence-corrected chi connectivity index (χ0v) is 15.3. The van der Waals surface area contributed by atoms with Crippen molar-refractivity contribution in [2.24, 2.45) is 5.73 Å². The Kier molecular flexibility index (Phi) is 7.52. The molecule has 0 atom stereocenters. The van der Waals surface area contributed by atoms with Crippen molar-refractivity contribution in [1.82, 2.24) is 4.98 Å². The molecule has 0 amide bonds. The van der Waals surface area contributed by atoms with Crippen molar-refractivity contribution in [1.29, 1.82) is 0 Å². The molecule has 0 unspecified atom stereocenters. The Morgan fingerprint density at radius 1 is 1.07 bits per heavy atom. The van der Waals surface area contributed by atoms with E-state index in [2.05, 4.69) is 4.98 Å². The number of aromatic carboxylic acids is 1. The fourth-order valence-corrected chi connectivity index (χ4v) is 3.39. The van der Waals surface area contributed by atoms with Crippen LogP contribution in [0.5, 0.6) is 0 Å². The lowest BCUT2D eigenvalue weighted by atomic mass is 9.89. The van der Waals surface area contributed by atoms with Crippen LogP contribution in [-0.4, -0.2) is 51.6 Å². The number of aromatic nitrogens is 1. The highest BCUT2D eigenvalue weighted by atomic mass is 16.5. The number of carboxylic acid groups (broad SMARTS) is 1. The molecule has 1 aromatic heterocycles. The summed E-state index contributed by atoms with van der Waals surface area (Å²) in [6.45, 7) is -0.355. The van der Waals surface area contributed by atoms with Crippen LogP contribution >= 0.6 is 0 Å². The molecule has 8 heteroatoms. The first-order chi connectivity index (χ1) is 13.0. The summed E-state index contributed by atoms with van der Waals surface area (Å²) in [6, 6.07) is 3.39. The third-order valence-electron chi connectivity index (χ3n) is 4.63. The number of ether oxygens (including phenoxy) is 1. The van der Waals surface area contributed by atoms with E-state index in [1.807, 2.05) is 0 Å². The van der Waals surface area contributed by atoms with E-state index in [1.165, 1.54) is 7.11 Å². The van der Waals surface area contributed by atoms with Crippen molar-refractivity contribution in [2.45, 2.75) is 32.7 Å². The van der Waals surface area contributed by atoms with Crippen LogP contribution in [0.15, 0.2) is 12.1 Å². The quantitative estimate of drug-likeness (QED) is 0.353. The van der Waals surface area contributed by atoms with Gasteiger partial charge in [0, 0.05) is 24.8 Å². The predicted molar refractivity (Wildman–Crippen MR) is 99.3 cm³/mol. The topological polar surface area (TPSA) is 149 Å². The fourth-order valence-electron chi connectivity index (χ4n) is 3.39. The van der Waals surface area contributed by atoms with Gasteiger partial charge in [0.1, 0.15) is 5.69 Å². The SMILES string of the molecule is COCCc1c(C(=O)O)[nH]c(CCN)c1-c1ccc(CO)c(CO)c1CO. The van der Waals surface area contributed by atoms with Gasteiger partial charge in [-0.15, -0.1) is 0 Å². The minimum Gasteiger partial charge on any atom is -0.477 e. The maximum Gasteiger partial charge on any atom is 0.352 e. The number of aliphatic hydroxyl groups excluding tert-OH is 3.